The summed E-state index contributed by atoms with van der Waals surface area (Å²) in [7, 11) is 0. The van der Waals surface area contributed by atoms with Gasteiger partial charge in [0.05, 0.1) is 5.69 Å². The Hall–Kier alpha value is -2.36. The van der Waals surface area contributed by atoms with Crippen LogP contribution in [0.25, 0.3) is 16.9 Å². The topological polar surface area (TPSA) is 50.2 Å². The smallest absolute Gasteiger partial charge is 0.273 e. The number of fused-ring (bicyclic) bond motifs is 1. The van der Waals surface area contributed by atoms with Crippen LogP contribution >= 0.6 is 0 Å². The van der Waals surface area contributed by atoms with Gasteiger partial charge in [0.1, 0.15) is 0 Å². The fourth-order valence-corrected chi connectivity index (χ4v) is 2.55. The van der Waals surface area contributed by atoms with Gasteiger partial charge >= 0.3 is 0 Å². The Balaban J connectivity index is 2.31. The van der Waals surface area contributed by atoms with Gasteiger partial charge in [-0.3, -0.25) is 9.89 Å². The minimum absolute atomic E-state index is 0.0664. The van der Waals surface area contributed by atoms with Crippen LogP contribution in [0.2, 0.25) is 0 Å². The molecule has 0 radical (unpaired) electrons. The maximum absolute atomic E-state index is 12.3. The Morgan fingerprint density at radius 3 is 2.55 bits per heavy atom. The first-order valence-corrected chi connectivity index (χ1v) is 6.93. The molecule has 0 fully saturated rings. The summed E-state index contributed by atoms with van der Waals surface area (Å²) in [6, 6.07) is 11.4. The average Bonchev–Trinajstić information content (AvgIpc) is 2.86. The lowest BCUT2D eigenvalue weighted by atomic mass is 10.1. The van der Waals surface area contributed by atoms with E-state index in [1.807, 2.05) is 30.3 Å². The van der Waals surface area contributed by atoms with Crippen LogP contribution in [0.4, 0.5) is 0 Å². The third-order valence-electron chi connectivity index (χ3n) is 3.58. The molecule has 20 heavy (non-hydrogen) atoms. The third-order valence-corrected chi connectivity index (χ3v) is 3.58. The van der Waals surface area contributed by atoms with Crippen molar-refractivity contribution in [1.29, 1.82) is 0 Å². The summed E-state index contributed by atoms with van der Waals surface area (Å²) >= 11 is 0. The second-order valence-corrected chi connectivity index (χ2v) is 4.78. The van der Waals surface area contributed by atoms with Crippen molar-refractivity contribution in [2.24, 2.45) is 0 Å². The van der Waals surface area contributed by atoms with E-state index in [0.29, 0.717) is 0 Å². The van der Waals surface area contributed by atoms with Crippen molar-refractivity contribution in [3.63, 3.8) is 0 Å². The summed E-state index contributed by atoms with van der Waals surface area (Å²) in [6.07, 6.45) is 1.73. The van der Waals surface area contributed by atoms with Gasteiger partial charge in [0.15, 0.2) is 5.65 Å². The zero-order chi connectivity index (χ0) is 14.1. The van der Waals surface area contributed by atoms with Crippen LogP contribution in [0.3, 0.4) is 0 Å². The highest BCUT2D eigenvalue weighted by molar-refractivity contribution is 5.63. The number of benzene rings is 1. The molecule has 0 aliphatic heterocycles. The van der Waals surface area contributed by atoms with E-state index in [4.69, 9.17) is 0 Å². The molecule has 0 saturated heterocycles. The molecule has 2 heterocycles. The summed E-state index contributed by atoms with van der Waals surface area (Å²) < 4.78 is 1.55. The van der Waals surface area contributed by atoms with E-state index in [1.54, 1.807) is 10.6 Å². The number of hydrogen-bond acceptors (Lipinski definition) is 2. The van der Waals surface area contributed by atoms with Crippen LogP contribution in [0.5, 0.6) is 0 Å². The van der Waals surface area contributed by atoms with Crippen LogP contribution in [0.15, 0.2) is 41.2 Å². The number of aromatic nitrogens is 3. The molecule has 1 aromatic carbocycles. The fraction of sp³-hybridized carbons (Fsp3) is 0.250. The maximum Gasteiger partial charge on any atom is 0.273 e. The van der Waals surface area contributed by atoms with E-state index >= 15 is 0 Å². The van der Waals surface area contributed by atoms with Crippen molar-refractivity contribution < 1.29 is 0 Å². The molecule has 0 aliphatic rings. The molecule has 4 heteroatoms. The molecular weight excluding hydrogens is 250 g/mol. The normalized spacial score (nSPS) is 11.1. The molecular formula is C16H17N3O. The van der Waals surface area contributed by atoms with Crippen LogP contribution < -0.4 is 5.56 Å². The second-order valence-electron chi connectivity index (χ2n) is 4.78. The number of nitrogens with zero attached hydrogens (tertiary/aromatic N) is 2. The highest BCUT2D eigenvalue weighted by atomic mass is 16.1. The van der Waals surface area contributed by atoms with E-state index in [9.17, 15) is 4.79 Å². The number of rotatable bonds is 3. The minimum Gasteiger partial charge on any atom is -0.293 e. The van der Waals surface area contributed by atoms with Crippen molar-refractivity contribution >= 4 is 5.65 Å². The van der Waals surface area contributed by atoms with Crippen molar-refractivity contribution in [2.45, 2.75) is 26.7 Å². The second kappa shape index (κ2) is 4.96. The van der Waals surface area contributed by atoms with Crippen molar-refractivity contribution in [2.75, 3.05) is 0 Å². The Kier molecular flexibility index (Phi) is 3.14. The molecule has 0 bridgehead atoms. The minimum atomic E-state index is -0.0664. The molecule has 4 nitrogen and oxygen atoms in total. The molecule has 0 amide bonds. The first-order chi connectivity index (χ1) is 9.74. The van der Waals surface area contributed by atoms with Crippen LogP contribution in [-0.2, 0) is 12.8 Å². The molecule has 0 spiro atoms. The van der Waals surface area contributed by atoms with Gasteiger partial charge in [-0.25, -0.2) is 9.50 Å². The first kappa shape index (κ1) is 12.7. The molecule has 0 unspecified atom stereocenters. The number of aromatic amines is 1. The van der Waals surface area contributed by atoms with Gasteiger partial charge in [-0.1, -0.05) is 44.2 Å². The lowest BCUT2D eigenvalue weighted by Crippen LogP contribution is -2.14. The molecule has 0 saturated carbocycles. The summed E-state index contributed by atoms with van der Waals surface area (Å²) in [5.74, 6) is 0. The number of hydrogen-bond donors (Lipinski definition) is 1. The van der Waals surface area contributed by atoms with E-state index < -0.39 is 0 Å². The summed E-state index contributed by atoms with van der Waals surface area (Å²) in [5.41, 5.74) is 4.59. The average molecular weight is 267 g/mol. The summed E-state index contributed by atoms with van der Waals surface area (Å²) in [4.78, 5) is 16.9. The monoisotopic (exact) mass is 267 g/mol. The lowest BCUT2D eigenvalue weighted by molar-refractivity contribution is 0.857. The SMILES string of the molecule is CCc1[nH]n2c(=O)cc(-c3ccccc3)nc2c1CC. The van der Waals surface area contributed by atoms with Gasteiger partial charge < -0.3 is 0 Å². The molecule has 102 valence electrons. The summed E-state index contributed by atoms with van der Waals surface area (Å²) in [6.45, 7) is 4.16. The third kappa shape index (κ3) is 1.93. The molecule has 0 aliphatic carbocycles. The zero-order valence-corrected chi connectivity index (χ0v) is 11.7. The molecule has 0 atom stereocenters. The van der Waals surface area contributed by atoms with Gasteiger partial charge in [-0.05, 0) is 12.8 Å². The molecule has 2 aromatic heterocycles. The van der Waals surface area contributed by atoms with Gasteiger partial charge in [-0.15, -0.1) is 0 Å². The van der Waals surface area contributed by atoms with E-state index in [1.165, 1.54) is 0 Å². The highest BCUT2D eigenvalue weighted by Crippen LogP contribution is 2.19. The number of nitrogens with one attached hydrogen (secondary N) is 1. The Morgan fingerprint density at radius 2 is 1.90 bits per heavy atom. The Bertz CT molecular complexity index is 800. The molecule has 1 N–H and O–H groups in total. The van der Waals surface area contributed by atoms with E-state index in [-0.39, 0.29) is 5.56 Å². The largest absolute Gasteiger partial charge is 0.293 e. The summed E-state index contributed by atoms with van der Waals surface area (Å²) in [5, 5.41) is 3.15. The molecule has 3 rings (SSSR count). The highest BCUT2D eigenvalue weighted by Gasteiger charge is 2.13. The predicted molar refractivity (Wildman–Crippen MR) is 80.0 cm³/mol. The van der Waals surface area contributed by atoms with Gasteiger partial charge in [0, 0.05) is 22.9 Å². The van der Waals surface area contributed by atoms with Gasteiger partial charge in [0.25, 0.3) is 5.56 Å². The lowest BCUT2D eigenvalue weighted by Gasteiger charge is -2.02. The number of aryl methyl sites for hydroxylation is 2. The van der Waals surface area contributed by atoms with E-state index in [0.717, 1.165) is 41.0 Å². The quantitative estimate of drug-likeness (QED) is 0.793. The first-order valence-electron chi connectivity index (χ1n) is 6.93. The van der Waals surface area contributed by atoms with Crippen LogP contribution in [0.1, 0.15) is 25.1 Å². The predicted octanol–water partition coefficient (Wildman–Crippen LogP) is 2.81. The van der Waals surface area contributed by atoms with Crippen LogP contribution in [-0.4, -0.2) is 14.6 Å². The Labute approximate surface area is 117 Å². The standard InChI is InChI=1S/C16H17N3O/c1-3-12-13(4-2)18-19-15(20)10-14(17-16(12)19)11-8-6-5-7-9-11/h5-10,18H,3-4H2,1-2H3. The maximum atomic E-state index is 12.3. The van der Waals surface area contributed by atoms with Crippen LogP contribution in [0, 0.1) is 0 Å². The zero-order valence-electron chi connectivity index (χ0n) is 11.7. The van der Waals surface area contributed by atoms with Crippen molar-refractivity contribution in [3.8, 4) is 11.3 Å². The molecule has 3 aromatic rings. The number of H-pyrrole nitrogens is 1. The van der Waals surface area contributed by atoms with E-state index in [2.05, 4.69) is 23.9 Å². The Morgan fingerprint density at radius 1 is 1.15 bits per heavy atom. The van der Waals surface area contributed by atoms with Gasteiger partial charge in [0.2, 0.25) is 0 Å². The van der Waals surface area contributed by atoms with Gasteiger partial charge in [-0.2, -0.15) is 0 Å². The van der Waals surface area contributed by atoms with Crippen molar-refractivity contribution in [3.05, 3.63) is 58.0 Å². The fourth-order valence-electron chi connectivity index (χ4n) is 2.55. The van der Waals surface area contributed by atoms with Crippen molar-refractivity contribution in [1.82, 2.24) is 14.6 Å².